The maximum Gasteiger partial charge on any atom is -0.0264 e. The van der Waals surface area contributed by atoms with E-state index in [-0.39, 0.29) is 0 Å². The highest BCUT2D eigenvalue weighted by Crippen LogP contribution is 2.68. The molecule has 4 fully saturated rings. The maximum absolute atomic E-state index is 2.76. The van der Waals surface area contributed by atoms with Gasteiger partial charge in [0.1, 0.15) is 0 Å². The molecule has 0 bridgehead atoms. The lowest BCUT2D eigenvalue weighted by Crippen LogP contribution is -2.53. The molecule has 0 nitrogen and oxygen atoms in total. The van der Waals surface area contributed by atoms with Gasteiger partial charge in [-0.05, 0) is 116 Å². The average Bonchev–Trinajstić information content (AvgIpc) is 3.05. The van der Waals surface area contributed by atoms with Gasteiger partial charge in [0.2, 0.25) is 0 Å². The van der Waals surface area contributed by atoms with Crippen LogP contribution in [0.25, 0.3) is 0 Å². The van der Waals surface area contributed by atoms with E-state index in [0.29, 0.717) is 10.8 Å². The third-order valence-corrected chi connectivity index (χ3v) is 11.8. The van der Waals surface area contributed by atoms with E-state index in [9.17, 15) is 0 Å². The van der Waals surface area contributed by atoms with Gasteiger partial charge in [0.15, 0.2) is 0 Å². The Morgan fingerprint density at radius 3 is 2.24 bits per heavy atom. The summed E-state index contributed by atoms with van der Waals surface area (Å²) in [5.41, 5.74) is 1.37. The van der Waals surface area contributed by atoms with Crippen LogP contribution in [0.5, 0.6) is 0 Å². The van der Waals surface area contributed by atoms with E-state index in [1.165, 1.54) is 32.1 Å². The van der Waals surface area contributed by atoms with Crippen molar-refractivity contribution >= 4 is 0 Å². The lowest BCUT2D eigenvalue weighted by atomic mass is 9.44. The molecule has 0 heterocycles. The van der Waals surface area contributed by atoms with Crippen LogP contribution in [0.4, 0.5) is 0 Å². The van der Waals surface area contributed by atoms with E-state index in [1.54, 1.807) is 51.4 Å². The minimum atomic E-state index is 0.665. The van der Waals surface area contributed by atoms with Crippen molar-refractivity contribution in [2.45, 2.75) is 125 Å². The van der Waals surface area contributed by atoms with E-state index in [2.05, 4.69) is 41.5 Å². The molecule has 0 amide bonds. The highest BCUT2D eigenvalue weighted by Gasteiger charge is 2.60. The second-order valence-corrected chi connectivity index (χ2v) is 13.1. The minimum absolute atomic E-state index is 0.665. The largest absolute Gasteiger partial charge is 0.0651 e. The van der Waals surface area contributed by atoms with Gasteiger partial charge >= 0.3 is 0 Å². The molecule has 0 saturated heterocycles. The first kappa shape index (κ1) is 22.2. The van der Waals surface area contributed by atoms with Gasteiger partial charge in [-0.1, -0.05) is 67.2 Å². The molecule has 0 radical (unpaired) electrons. The van der Waals surface area contributed by atoms with Gasteiger partial charge < -0.3 is 0 Å². The van der Waals surface area contributed by atoms with Crippen LogP contribution in [0.3, 0.4) is 0 Å². The van der Waals surface area contributed by atoms with Crippen LogP contribution >= 0.6 is 0 Å². The molecule has 0 unspecified atom stereocenters. The molecular weight excluding hydrogens is 348 g/mol. The Labute approximate surface area is 183 Å². The molecule has 0 aliphatic heterocycles. The first-order chi connectivity index (χ1) is 13.8. The molecule has 29 heavy (non-hydrogen) atoms. The Morgan fingerprint density at radius 1 is 0.759 bits per heavy atom. The van der Waals surface area contributed by atoms with Gasteiger partial charge in [0.05, 0.1) is 0 Å². The molecule has 0 spiro atoms. The van der Waals surface area contributed by atoms with Gasteiger partial charge in [0.25, 0.3) is 0 Å². The lowest BCUT2D eigenvalue weighted by molar-refractivity contribution is -0.114. The Kier molecular flexibility index (Phi) is 6.51. The van der Waals surface area contributed by atoms with Gasteiger partial charge in [0, 0.05) is 0 Å². The molecular formula is C29H52. The van der Waals surface area contributed by atoms with Crippen molar-refractivity contribution in [3.05, 3.63) is 0 Å². The summed E-state index contributed by atoms with van der Waals surface area (Å²) in [5, 5.41) is 0. The highest BCUT2D eigenvalue weighted by atomic mass is 14.6. The fourth-order valence-corrected chi connectivity index (χ4v) is 9.96. The number of fused-ring (bicyclic) bond motifs is 5. The van der Waals surface area contributed by atoms with Crippen molar-refractivity contribution in [2.24, 2.45) is 58.2 Å². The smallest absolute Gasteiger partial charge is 0.0264 e. The fourth-order valence-electron chi connectivity index (χ4n) is 9.96. The normalized spacial score (nSPS) is 46.7. The molecule has 0 aromatic heterocycles. The summed E-state index contributed by atoms with van der Waals surface area (Å²) < 4.78 is 0. The molecule has 0 aromatic carbocycles. The molecule has 0 aromatic rings. The second-order valence-electron chi connectivity index (χ2n) is 13.1. The Hall–Kier alpha value is 0. The van der Waals surface area contributed by atoms with Crippen molar-refractivity contribution in [2.75, 3.05) is 0 Å². The summed E-state index contributed by atoms with van der Waals surface area (Å²) in [6.07, 6.45) is 19.8. The maximum atomic E-state index is 2.76. The summed E-state index contributed by atoms with van der Waals surface area (Å²) in [7, 11) is 0. The molecule has 4 aliphatic rings. The van der Waals surface area contributed by atoms with Gasteiger partial charge in [-0.15, -0.1) is 0 Å². The zero-order valence-electron chi connectivity index (χ0n) is 20.8. The molecule has 4 saturated carbocycles. The molecule has 0 N–H and O–H groups in total. The summed E-state index contributed by atoms with van der Waals surface area (Å²) in [6.45, 7) is 15.4. The van der Waals surface area contributed by atoms with Crippen LogP contribution in [-0.4, -0.2) is 0 Å². The summed E-state index contributed by atoms with van der Waals surface area (Å²) in [4.78, 5) is 0. The average molecular weight is 401 g/mol. The molecule has 168 valence electrons. The fraction of sp³-hybridized carbons (Fsp3) is 1.00. The summed E-state index contributed by atoms with van der Waals surface area (Å²) >= 11 is 0. The zero-order valence-corrected chi connectivity index (χ0v) is 20.8. The quantitative estimate of drug-likeness (QED) is 0.417. The third kappa shape index (κ3) is 3.75. The predicted molar refractivity (Wildman–Crippen MR) is 127 cm³/mol. The van der Waals surface area contributed by atoms with Crippen molar-refractivity contribution in [1.82, 2.24) is 0 Å². The van der Waals surface area contributed by atoms with Gasteiger partial charge in [-0.25, -0.2) is 0 Å². The molecule has 9 atom stereocenters. The molecule has 4 aliphatic carbocycles. The monoisotopic (exact) mass is 400 g/mol. The van der Waals surface area contributed by atoms with Gasteiger partial charge in [-0.3, -0.25) is 0 Å². The molecule has 0 heteroatoms. The van der Waals surface area contributed by atoms with Crippen LogP contribution in [0, 0.1) is 58.2 Å². The highest BCUT2D eigenvalue weighted by molar-refractivity contribution is 5.09. The Morgan fingerprint density at radius 2 is 1.52 bits per heavy atom. The van der Waals surface area contributed by atoms with Crippen molar-refractivity contribution < 1.29 is 0 Å². The topological polar surface area (TPSA) is 0 Å². The van der Waals surface area contributed by atoms with Gasteiger partial charge in [-0.2, -0.15) is 0 Å². The minimum Gasteiger partial charge on any atom is -0.0651 e. The number of hydrogen-bond acceptors (Lipinski definition) is 0. The van der Waals surface area contributed by atoms with E-state index in [4.69, 9.17) is 0 Å². The third-order valence-electron chi connectivity index (χ3n) is 11.8. The van der Waals surface area contributed by atoms with E-state index < -0.39 is 0 Å². The SMILES string of the molecule is CC[C@H](CC[C@@H](C)[C@@H]1CC[C@H]2[C@@H]3CC[C@H]4CCCC[C@]4(C)[C@H]3CC[C@@]21C)C(C)C. The standard InChI is InChI=1S/C29H52/c1-7-22(20(2)3)12-11-21(4)25-15-16-26-24-14-13-23-10-8-9-18-28(23,5)27(24)17-19-29(25,26)6/h20-27H,7-19H2,1-6H3/t21-,22-,23-,24+,25+,26+,27+,28+,29-/m1/s1. The van der Waals surface area contributed by atoms with Crippen molar-refractivity contribution in [3.8, 4) is 0 Å². The first-order valence-corrected chi connectivity index (χ1v) is 13.8. The van der Waals surface area contributed by atoms with E-state index in [0.717, 1.165) is 47.3 Å². The van der Waals surface area contributed by atoms with Crippen molar-refractivity contribution in [1.29, 1.82) is 0 Å². The predicted octanol–water partition coefficient (Wildman–Crippen LogP) is 9.13. The first-order valence-electron chi connectivity index (χ1n) is 13.8. The van der Waals surface area contributed by atoms with Crippen LogP contribution in [0.2, 0.25) is 0 Å². The Bertz CT molecular complexity index is 548. The van der Waals surface area contributed by atoms with Crippen LogP contribution in [0.15, 0.2) is 0 Å². The zero-order chi connectivity index (χ0) is 20.8. The van der Waals surface area contributed by atoms with E-state index in [1.807, 2.05) is 0 Å². The Balaban J connectivity index is 1.45. The van der Waals surface area contributed by atoms with Crippen LogP contribution < -0.4 is 0 Å². The molecule has 4 rings (SSSR count). The number of rotatable bonds is 6. The van der Waals surface area contributed by atoms with E-state index >= 15 is 0 Å². The summed E-state index contributed by atoms with van der Waals surface area (Å²) in [6, 6.07) is 0. The lowest BCUT2D eigenvalue weighted by Gasteiger charge is -2.61. The van der Waals surface area contributed by atoms with Crippen molar-refractivity contribution in [3.63, 3.8) is 0 Å². The number of hydrogen-bond donors (Lipinski definition) is 0. The summed E-state index contributed by atoms with van der Waals surface area (Å²) in [5.74, 6) is 8.02. The second kappa shape index (κ2) is 8.50. The van der Waals surface area contributed by atoms with Crippen LogP contribution in [0.1, 0.15) is 125 Å². The van der Waals surface area contributed by atoms with Crippen LogP contribution in [-0.2, 0) is 0 Å².